The Hall–Kier alpha value is -0.610. The van der Waals surface area contributed by atoms with Gasteiger partial charge in [0.25, 0.3) is 0 Å². The number of rotatable bonds is 2. The average Bonchev–Trinajstić information content (AvgIpc) is 1.77. The Bertz CT molecular complexity index is 195. The lowest BCUT2D eigenvalue weighted by molar-refractivity contribution is -0.140. The van der Waals surface area contributed by atoms with Gasteiger partial charge in [0, 0.05) is 5.54 Å². The molecule has 76 valence electrons. The third kappa shape index (κ3) is 2.97. The normalized spacial score (nSPS) is 40.2. The lowest BCUT2D eigenvalue weighted by atomic mass is 9.82. The van der Waals surface area contributed by atoms with Gasteiger partial charge in [-0.25, -0.2) is 0 Å². The summed E-state index contributed by atoms with van der Waals surface area (Å²) in [6.07, 6.45) is 1.42. The zero-order chi connectivity index (χ0) is 10.1. The van der Waals surface area contributed by atoms with Gasteiger partial charge in [-0.05, 0) is 26.7 Å². The predicted molar refractivity (Wildman–Crippen MR) is 48.4 cm³/mol. The van der Waals surface area contributed by atoms with E-state index in [1.165, 1.54) is 0 Å². The second kappa shape index (κ2) is 3.64. The summed E-state index contributed by atoms with van der Waals surface area (Å²) < 4.78 is 5.49. The number of hydrogen-bond donors (Lipinski definition) is 2. The lowest BCUT2D eigenvalue weighted by Crippen LogP contribution is -2.51. The van der Waals surface area contributed by atoms with E-state index in [0.29, 0.717) is 12.8 Å². The van der Waals surface area contributed by atoms with Crippen molar-refractivity contribution in [2.24, 2.45) is 5.73 Å². The Morgan fingerprint density at radius 1 is 1.54 bits per heavy atom. The molecule has 0 radical (unpaired) electrons. The van der Waals surface area contributed by atoms with E-state index in [-0.39, 0.29) is 18.6 Å². The van der Waals surface area contributed by atoms with Crippen LogP contribution in [0.2, 0.25) is 0 Å². The Balaban J connectivity index is 2.60. The molecule has 1 fully saturated rings. The summed E-state index contributed by atoms with van der Waals surface area (Å²) >= 11 is 0. The molecule has 0 saturated carbocycles. The zero-order valence-electron chi connectivity index (χ0n) is 8.12. The van der Waals surface area contributed by atoms with Gasteiger partial charge in [-0.3, -0.25) is 4.79 Å². The zero-order valence-corrected chi connectivity index (χ0v) is 8.12. The second-order valence-electron chi connectivity index (χ2n) is 4.10. The molecule has 2 unspecified atom stereocenters. The molecular formula is C9H17NO3. The van der Waals surface area contributed by atoms with Crippen LogP contribution in [0.1, 0.15) is 33.1 Å². The monoisotopic (exact) mass is 187 g/mol. The Morgan fingerprint density at radius 3 is 2.38 bits per heavy atom. The molecule has 1 heterocycles. The Labute approximate surface area is 78.1 Å². The van der Waals surface area contributed by atoms with Gasteiger partial charge in [-0.2, -0.15) is 0 Å². The van der Waals surface area contributed by atoms with Gasteiger partial charge < -0.3 is 15.6 Å². The number of carboxylic acids is 1. The van der Waals surface area contributed by atoms with E-state index >= 15 is 0 Å². The van der Waals surface area contributed by atoms with Crippen LogP contribution < -0.4 is 5.73 Å². The van der Waals surface area contributed by atoms with Crippen LogP contribution in [0.3, 0.4) is 0 Å². The van der Waals surface area contributed by atoms with Crippen molar-refractivity contribution in [1.82, 2.24) is 0 Å². The maximum Gasteiger partial charge on any atom is 0.305 e. The molecule has 2 atom stereocenters. The van der Waals surface area contributed by atoms with Gasteiger partial charge in [0.05, 0.1) is 18.6 Å². The average molecular weight is 187 g/mol. The van der Waals surface area contributed by atoms with Gasteiger partial charge in [0.2, 0.25) is 0 Å². The third-order valence-corrected chi connectivity index (χ3v) is 2.36. The molecule has 0 bridgehead atoms. The van der Waals surface area contributed by atoms with Crippen molar-refractivity contribution < 1.29 is 14.6 Å². The fraction of sp³-hybridized carbons (Fsp3) is 0.889. The van der Waals surface area contributed by atoms with Gasteiger partial charge in [-0.15, -0.1) is 0 Å². The van der Waals surface area contributed by atoms with E-state index in [1.54, 1.807) is 0 Å². The molecule has 0 aliphatic carbocycles. The summed E-state index contributed by atoms with van der Waals surface area (Å²) in [5.74, 6) is -0.830. The third-order valence-electron chi connectivity index (χ3n) is 2.36. The van der Waals surface area contributed by atoms with Crippen LogP contribution in [0.5, 0.6) is 0 Å². The van der Waals surface area contributed by atoms with Crippen LogP contribution in [-0.4, -0.2) is 28.8 Å². The first-order valence-electron chi connectivity index (χ1n) is 4.57. The van der Waals surface area contributed by atoms with Crippen molar-refractivity contribution in [3.8, 4) is 0 Å². The first-order chi connectivity index (χ1) is 5.91. The van der Waals surface area contributed by atoms with E-state index < -0.39 is 11.5 Å². The highest BCUT2D eigenvalue weighted by atomic mass is 16.5. The molecular weight excluding hydrogens is 170 g/mol. The molecule has 0 amide bonds. The van der Waals surface area contributed by atoms with Gasteiger partial charge in [0.1, 0.15) is 0 Å². The van der Waals surface area contributed by atoms with Crippen LogP contribution >= 0.6 is 0 Å². The van der Waals surface area contributed by atoms with Crippen molar-refractivity contribution in [2.45, 2.75) is 50.9 Å². The molecule has 1 saturated heterocycles. The molecule has 4 heteroatoms. The van der Waals surface area contributed by atoms with Crippen LogP contribution in [0.25, 0.3) is 0 Å². The fourth-order valence-corrected chi connectivity index (χ4v) is 2.17. The first kappa shape index (κ1) is 10.5. The molecule has 0 aromatic rings. The van der Waals surface area contributed by atoms with Gasteiger partial charge in [-0.1, -0.05) is 0 Å². The number of ether oxygens (including phenoxy) is 1. The smallest absolute Gasteiger partial charge is 0.305 e. The van der Waals surface area contributed by atoms with Crippen molar-refractivity contribution >= 4 is 5.97 Å². The number of hydrogen-bond acceptors (Lipinski definition) is 3. The maximum atomic E-state index is 10.6. The molecule has 0 aromatic heterocycles. The molecule has 0 aromatic carbocycles. The van der Waals surface area contributed by atoms with Crippen molar-refractivity contribution in [1.29, 1.82) is 0 Å². The minimum Gasteiger partial charge on any atom is -0.481 e. The molecule has 1 rings (SSSR count). The summed E-state index contributed by atoms with van der Waals surface area (Å²) in [6.45, 7) is 3.86. The lowest BCUT2D eigenvalue weighted by Gasteiger charge is -2.39. The van der Waals surface area contributed by atoms with Crippen molar-refractivity contribution in [2.75, 3.05) is 0 Å². The van der Waals surface area contributed by atoms with E-state index in [0.717, 1.165) is 0 Å². The minimum atomic E-state index is -0.830. The maximum absolute atomic E-state index is 10.6. The topological polar surface area (TPSA) is 72.6 Å². The molecule has 3 N–H and O–H groups in total. The summed E-state index contributed by atoms with van der Waals surface area (Å²) in [4.78, 5) is 10.6. The molecule has 0 spiro atoms. The Morgan fingerprint density at radius 2 is 2.00 bits per heavy atom. The summed E-state index contributed by atoms with van der Waals surface area (Å²) in [7, 11) is 0. The fourth-order valence-electron chi connectivity index (χ4n) is 2.17. The van der Waals surface area contributed by atoms with Gasteiger partial charge in [0.15, 0.2) is 0 Å². The van der Waals surface area contributed by atoms with Crippen LogP contribution in [0.4, 0.5) is 0 Å². The summed E-state index contributed by atoms with van der Waals surface area (Å²) in [5.41, 5.74) is 5.40. The number of aliphatic carboxylic acids is 1. The number of carbonyl (C=O) groups is 1. The van der Waals surface area contributed by atoms with E-state index in [9.17, 15) is 4.79 Å². The largest absolute Gasteiger partial charge is 0.481 e. The summed E-state index contributed by atoms with van der Waals surface area (Å²) in [5, 5.41) is 8.68. The number of nitrogens with two attached hydrogens (primary N) is 1. The van der Waals surface area contributed by atoms with E-state index in [1.807, 2.05) is 13.8 Å². The van der Waals surface area contributed by atoms with Crippen molar-refractivity contribution in [3.05, 3.63) is 0 Å². The number of carboxylic acid groups (broad SMARTS) is 1. The molecule has 1 aliphatic heterocycles. The van der Waals surface area contributed by atoms with E-state index in [4.69, 9.17) is 15.6 Å². The molecule has 1 aliphatic rings. The van der Waals surface area contributed by atoms with Crippen LogP contribution in [0, 0.1) is 0 Å². The highest BCUT2D eigenvalue weighted by Gasteiger charge is 2.36. The quantitative estimate of drug-likeness (QED) is 0.669. The van der Waals surface area contributed by atoms with E-state index in [2.05, 4.69) is 0 Å². The molecule has 4 nitrogen and oxygen atoms in total. The summed E-state index contributed by atoms with van der Waals surface area (Å²) in [6, 6.07) is 0. The van der Waals surface area contributed by atoms with Crippen LogP contribution in [0.15, 0.2) is 0 Å². The first-order valence-corrected chi connectivity index (χ1v) is 4.57. The highest BCUT2D eigenvalue weighted by molar-refractivity contribution is 5.68. The standard InChI is InChI=1S/C9H17NO3/c1-6-3-9(10,5-8(11)12)4-7(2)13-6/h6-7H,3-5,10H2,1-2H3,(H,11,12). The second-order valence-corrected chi connectivity index (χ2v) is 4.10. The minimum absolute atomic E-state index is 0.0328. The molecule has 13 heavy (non-hydrogen) atoms. The van der Waals surface area contributed by atoms with Crippen molar-refractivity contribution in [3.63, 3.8) is 0 Å². The van der Waals surface area contributed by atoms with Crippen LogP contribution in [-0.2, 0) is 9.53 Å². The highest BCUT2D eigenvalue weighted by Crippen LogP contribution is 2.29. The van der Waals surface area contributed by atoms with Gasteiger partial charge >= 0.3 is 5.97 Å². The SMILES string of the molecule is CC1CC(N)(CC(=O)O)CC(C)O1. The predicted octanol–water partition coefficient (Wildman–Crippen LogP) is 0.746. The Kier molecular flexibility index (Phi) is 2.93.